The van der Waals surface area contributed by atoms with Crippen LogP contribution in [0, 0.1) is 0 Å². The van der Waals surface area contributed by atoms with Crippen LogP contribution in [0.4, 0.5) is 5.82 Å². The summed E-state index contributed by atoms with van der Waals surface area (Å²) in [4.78, 5) is 10.1. The van der Waals surface area contributed by atoms with E-state index in [2.05, 4.69) is 27.1 Å². The molecule has 0 amide bonds. The Labute approximate surface area is 101 Å². The highest BCUT2D eigenvalue weighted by molar-refractivity contribution is 6.31. The lowest BCUT2D eigenvalue weighted by atomic mass is 10.3. The van der Waals surface area contributed by atoms with Crippen LogP contribution >= 0.6 is 11.6 Å². The summed E-state index contributed by atoms with van der Waals surface area (Å²) in [5, 5.41) is 3.50. The molecule has 0 fully saturated rings. The maximum Gasteiger partial charge on any atom is 0.198 e. The molecule has 0 aliphatic carbocycles. The average molecular weight is 245 g/mol. The molecule has 1 rings (SSSR count). The molecular weight excluding hydrogens is 228 g/mol. The van der Waals surface area contributed by atoms with E-state index in [4.69, 9.17) is 16.3 Å². The van der Waals surface area contributed by atoms with Gasteiger partial charge in [-0.2, -0.15) is 0 Å². The van der Waals surface area contributed by atoms with Crippen LogP contribution in [0.3, 0.4) is 0 Å². The first kappa shape index (κ1) is 13.0. The van der Waals surface area contributed by atoms with Crippen LogP contribution in [0.2, 0.25) is 5.15 Å². The van der Waals surface area contributed by atoms with Gasteiger partial charge in [-0.25, -0.2) is 9.97 Å². The Morgan fingerprint density at radius 3 is 2.75 bits per heavy atom. The van der Waals surface area contributed by atoms with Crippen molar-refractivity contribution in [2.75, 3.05) is 33.1 Å². The lowest BCUT2D eigenvalue weighted by molar-refractivity contribution is 0.325. The van der Waals surface area contributed by atoms with Gasteiger partial charge in [0, 0.05) is 12.6 Å². The molecule has 16 heavy (non-hydrogen) atoms. The van der Waals surface area contributed by atoms with Gasteiger partial charge in [-0.3, -0.25) is 0 Å². The van der Waals surface area contributed by atoms with Crippen molar-refractivity contribution in [3.05, 3.63) is 11.5 Å². The fraction of sp³-hybridized carbons (Fsp3) is 0.600. The Balaban J connectivity index is 2.70. The molecule has 1 atom stereocenters. The fourth-order valence-corrected chi connectivity index (χ4v) is 1.30. The molecule has 90 valence electrons. The second kappa shape index (κ2) is 5.86. The van der Waals surface area contributed by atoms with Gasteiger partial charge in [0.1, 0.15) is 6.33 Å². The monoisotopic (exact) mass is 244 g/mol. The Bertz CT molecular complexity index is 346. The van der Waals surface area contributed by atoms with Gasteiger partial charge >= 0.3 is 0 Å². The van der Waals surface area contributed by atoms with Gasteiger partial charge < -0.3 is 15.0 Å². The highest BCUT2D eigenvalue weighted by Crippen LogP contribution is 2.28. The Morgan fingerprint density at radius 1 is 1.50 bits per heavy atom. The number of halogens is 1. The molecule has 6 heteroatoms. The minimum absolute atomic E-state index is 0.317. The van der Waals surface area contributed by atoms with Gasteiger partial charge in [0.05, 0.1) is 7.11 Å². The Kier molecular flexibility index (Phi) is 4.76. The number of hydrogen-bond acceptors (Lipinski definition) is 5. The number of nitrogens with one attached hydrogen (secondary N) is 1. The molecule has 5 nitrogen and oxygen atoms in total. The van der Waals surface area contributed by atoms with Crippen LogP contribution in [0.15, 0.2) is 6.33 Å². The van der Waals surface area contributed by atoms with Crippen LogP contribution in [-0.2, 0) is 0 Å². The third kappa shape index (κ3) is 3.21. The van der Waals surface area contributed by atoms with Crippen LogP contribution in [0.1, 0.15) is 6.92 Å². The van der Waals surface area contributed by atoms with Gasteiger partial charge in [0.15, 0.2) is 16.7 Å². The molecule has 0 spiro atoms. The molecule has 0 radical (unpaired) electrons. The molecule has 0 aliphatic heterocycles. The number of hydrogen-bond donors (Lipinski definition) is 1. The molecule has 1 N–H and O–H groups in total. The first-order chi connectivity index (χ1) is 7.56. The molecule has 0 aliphatic rings. The summed E-state index contributed by atoms with van der Waals surface area (Å²) in [6, 6.07) is 0.387. The molecule has 0 bridgehead atoms. The highest BCUT2D eigenvalue weighted by Gasteiger charge is 2.11. The maximum absolute atomic E-state index is 5.88. The average Bonchev–Trinajstić information content (AvgIpc) is 2.25. The molecule has 1 heterocycles. The second-order valence-electron chi connectivity index (χ2n) is 3.74. The van der Waals surface area contributed by atoms with Crippen LogP contribution in [0.5, 0.6) is 5.75 Å². The lowest BCUT2D eigenvalue weighted by Crippen LogP contribution is -2.31. The van der Waals surface area contributed by atoms with Crippen LogP contribution in [-0.4, -0.2) is 48.7 Å². The van der Waals surface area contributed by atoms with Crippen LogP contribution < -0.4 is 10.1 Å². The first-order valence-corrected chi connectivity index (χ1v) is 5.38. The Morgan fingerprint density at radius 2 is 2.19 bits per heavy atom. The smallest absolute Gasteiger partial charge is 0.198 e. The molecule has 1 unspecified atom stereocenters. The third-order valence-corrected chi connectivity index (χ3v) is 2.68. The zero-order valence-corrected chi connectivity index (χ0v) is 10.7. The molecule has 0 saturated carbocycles. The lowest BCUT2D eigenvalue weighted by Gasteiger charge is -2.20. The summed E-state index contributed by atoms with van der Waals surface area (Å²) in [6.07, 6.45) is 1.41. The van der Waals surface area contributed by atoms with Gasteiger partial charge in [-0.1, -0.05) is 11.6 Å². The predicted octanol–water partition coefficient (Wildman–Crippen LogP) is 1.50. The van der Waals surface area contributed by atoms with E-state index in [0.717, 1.165) is 6.54 Å². The summed E-state index contributed by atoms with van der Waals surface area (Å²) in [7, 11) is 5.60. The van der Waals surface area contributed by atoms with E-state index in [0.29, 0.717) is 22.8 Å². The summed E-state index contributed by atoms with van der Waals surface area (Å²) < 4.78 is 5.14. The zero-order chi connectivity index (χ0) is 12.1. The largest absolute Gasteiger partial charge is 0.490 e. The van der Waals surface area contributed by atoms with Crippen molar-refractivity contribution in [1.29, 1.82) is 0 Å². The quantitative estimate of drug-likeness (QED) is 0.796. The van der Waals surface area contributed by atoms with E-state index < -0.39 is 0 Å². The minimum Gasteiger partial charge on any atom is -0.490 e. The van der Waals surface area contributed by atoms with E-state index in [1.54, 1.807) is 7.11 Å². The second-order valence-corrected chi connectivity index (χ2v) is 4.10. The van der Waals surface area contributed by atoms with Crippen molar-refractivity contribution in [2.45, 2.75) is 13.0 Å². The van der Waals surface area contributed by atoms with Gasteiger partial charge in [0.2, 0.25) is 0 Å². The SMILES string of the molecule is COc1c(Cl)ncnc1NCC(C)N(C)C. The van der Waals surface area contributed by atoms with Crippen molar-refractivity contribution in [3.63, 3.8) is 0 Å². The zero-order valence-electron chi connectivity index (χ0n) is 9.99. The molecule has 1 aromatic heterocycles. The van der Waals surface area contributed by atoms with Crippen LogP contribution in [0.25, 0.3) is 0 Å². The number of likely N-dealkylation sites (N-methyl/N-ethyl adjacent to an activating group) is 1. The van der Waals surface area contributed by atoms with Gasteiger partial charge in [-0.15, -0.1) is 0 Å². The Hall–Kier alpha value is -1.07. The highest BCUT2D eigenvalue weighted by atomic mass is 35.5. The van der Waals surface area contributed by atoms with E-state index >= 15 is 0 Å². The molecular formula is C10H17ClN4O. The van der Waals surface area contributed by atoms with Crippen molar-refractivity contribution in [2.24, 2.45) is 0 Å². The minimum atomic E-state index is 0.317. The van der Waals surface area contributed by atoms with Gasteiger partial charge in [-0.05, 0) is 21.0 Å². The van der Waals surface area contributed by atoms with E-state index in [1.165, 1.54) is 6.33 Å². The van der Waals surface area contributed by atoms with Crippen molar-refractivity contribution in [3.8, 4) is 5.75 Å². The fourth-order valence-electron chi connectivity index (χ4n) is 1.09. The summed E-state index contributed by atoms with van der Waals surface area (Å²) in [5.74, 6) is 1.10. The topological polar surface area (TPSA) is 50.3 Å². The van der Waals surface area contributed by atoms with E-state index in [1.807, 2.05) is 14.1 Å². The summed E-state index contributed by atoms with van der Waals surface area (Å²) >= 11 is 5.88. The van der Waals surface area contributed by atoms with Crippen molar-refractivity contribution in [1.82, 2.24) is 14.9 Å². The van der Waals surface area contributed by atoms with Crippen molar-refractivity contribution >= 4 is 17.4 Å². The number of nitrogens with zero attached hydrogens (tertiary/aromatic N) is 3. The predicted molar refractivity (Wildman–Crippen MR) is 65.2 cm³/mol. The number of anilines is 1. The standard InChI is InChI=1S/C10H17ClN4O/c1-7(15(2)3)5-12-10-8(16-4)9(11)13-6-14-10/h6-7H,5H2,1-4H3,(H,12,13,14). The molecule has 0 aromatic carbocycles. The molecule has 0 saturated heterocycles. The van der Waals surface area contributed by atoms with E-state index in [9.17, 15) is 0 Å². The van der Waals surface area contributed by atoms with Crippen molar-refractivity contribution < 1.29 is 4.74 Å². The summed E-state index contributed by atoms with van der Waals surface area (Å²) in [5.41, 5.74) is 0. The normalized spacial score (nSPS) is 12.6. The van der Waals surface area contributed by atoms with E-state index in [-0.39, 0.29) is 0 Å². The third-order valence-electron chi connectivity index (χ3n) is 2.41. The first-order valence-electron chi connectivity index (χ1n) is 5.01. The molecule has 1 aromatic rings. The van der Waals surface area contributed by atoms with Gasteiger partial charge in [0.25, 0.3) is 0 Å². The maximum atomic E-state index is 5.88. The summed E-state index contributed by atoms with van der Waals surface area (Å²) in [6.45, 7) is 2.87. The number of rotatable bonds is 5. The number of ether oxygens (including phenoxy) is 1. The number of aromatic nitrogens is 2. The number of methoxy groups -OCH3 is 1.